The van der Waals surface area contributed by atoms with Crippen LogP contribution in [0.25, 0.3) is 11.1 Å². The van der Waals surface area contributed by atoms with Gasteiger partial charge in [0.05, 0.1) is 12.1 Å². The Hall–Kier alpha value is -3.78. The van der Waals surface area contributed by atoms with Gasteiger partial charge in [0, 0.05) is 30.4 Å². The van der Waals surface area contributed by atoms with Crippen LogP contribution < -0.4 is 15.8 Å². The standard InChI is InChI=1S/C23H22ClN3O5/c1-14-13-26(2)22(31)20(21(14)30)27(23(32)25-11-10-19(28)29)18-5-3-4-16(12-18)15-6-8-17(24)9-7-15/h3-9,12-13,30H,10-11H2,1-2H3,(H,25,32)(H,28,29). The van der Waals surface area contributed by atoms with Crippen LogP contribution in [0.4, 0.5) is 16.2 Å². The van der Waals surface area contributed by atoms with E-state index in [2.05, 4.69) is 5.32 Å². The van der Waals surface area contributed by atoms with Crippen molar-refractivity contribution in [2.75, 3.05) is 11.4 Å². The van der Waals surface area contributed by atoms with E-state index in [1.807, 2.05) is 18.2 Å². The summed E-state index contributed by atoms with van der Waals surface area (Å²) in [7, 11) is 1.52. The number of carboxylic acids is 1. The number of amides is 2. The molecule has 166 valence electrons. The third-order valence-corrected chi connectivity index (χ3v) is 5.08. The number of aliphatic carboxylic acids is 1. The number of aromatic hydroxyl groups is 1. The molecule has 2 aromatic carbocycles. The molecule has 9 heteroatoms. The maximum Gasteiger partial charge on any atom is 0.326 e. The molecule has 8 nitrogen and oxygen atoms in total. The monoisotopic (exact) mass is 455 g/mol. The predicted molar refractivity (Wildman–Crippen MR) is 123 cm³/mol. The third-order valence-electron chi connectivity index (χ3n) is 4.83. The molecule has 1 heterocycles. The van der Waals surface area contributed by atoms with Crippen LogP contribution in [0.5, 0.6) is 5.75 Å². The summed E-state index contributed by atoms with van der Waals surface area (Å²) in [4.78, 5) is 37.9. The number of halogens is 1. The second-order valence-electron chi connectivity index (χ2n) is 7.19. The van der Waals surface area contributed by atoms with Crippen molar-refractivity contribution in [1.29, 1.82) is 0 Å². The summed E-state index contributed by atoms with van der Waals surface area (Å²) in [6.07, 6.45) is 1.17. The van der Waals surface area contributed by atoms with Gasteiger partial charge in [0.2, 0.25) is 0 Å². The van der Waals surface area contributed by atoms with Crippen molar-refractivity contribution in [2.24, 2.45) is 7.05 Å². The molecule has 0 bridgehead atoms. The van der Waals surface area contributed by atoms with E-state index in [0.29, 0.717) is 16.3 Å². The summed E-state index contributed by atoms with van der Waals surface area (Å²) < 4.78 is 1.27. The Morgan fingerprint density at radius 1 is 1.12 bits per heavy atom. The van der Waals surface area contributed by atoms with Crippen molar-refractivity contribution < 1.29 is 19.8 Å². The molecule has 0 unspecified atom stereocenters. The molecule has 0 atom stereocenters. The van der Waals surface area contributed by atoms with Gasteiger partial charge in [-0.2, -0.15) is 0 Å². The highest BCUT2D eigenvalue weighted by molar-refractivity contribution is 6.30. The van der Waals surface area contributed by atoms with Gasteiger partial charge in [-0.15, -0.1) is 0 Å². The quantitative estimate of drug-likeness (QED) is 0.519. The fourth-order valence-electron chi connectivity index (χ4n) is 3.24. The Morgan fingerprint density at radius 2 is 1.81 bits per heavy atom. The number of benzene rings is 2. The molecule has 0 spiro atoms. The number of carboxylic acid groups (broad SMARTS) is 1. The lowest BCUT2D eigenvalue weighted by Gasteiger charge is -2.25. The summed E-state index contributed by atoms with van der Waals surface area (Å²) in [5, 5.41) is 22.6. The molecule has 3 N–H and O–H groups in total. The Morgan fingerprint density at radius 3 is 2.47 bits per heavy atom. The van der Waals surface area contributed by atoms with Crippen LogP contribution in [0.2, 0.25) is 5.02 Å². The molecule has 0 aliphatic carbocycles. The highest BCUT2D eigenvalue weighted by Crippen LogP contribution is 2.34. The van der Waals surface area contributed by atoms with Gasteiger partial charge >= 0.3 is 12.0 Å². The summed E-state index contributed by atoms with van der Waals surface area (Å²) in [6, 6.07) is 13.2. The number of aromatic nitrogens is 1. The Bertz CT molecular complexity index is 1220. The molecule has 0 saturated carbocycles. The van der Waals surface area contributed by atoms with Gasteiger partial charge in [-0.1, -0.05) is 35.9 Å². The lowest BCUT2D eigenvalue weighted by atomic mass is 10.0. The molecule has 0 radical (unpaired) electrons. The predicted octanol–water partition coefficient (Wildman–Crippen LogP) is 4.04. The first-order chi connectivity index (χ1) is 15.2. The Balaban J connectivity index is 2.13. The summed E-state index contributed by atoms with van der Waals surface area (Å²) in [5.74, 6) is -1.41. The molecular weight excluding hydrogens is 434 g/mol. The largest absolute Gasteiger partial charge is 0.505 e. The Labute approximate surface area is 189 Å². The zero-order chi connectivity index (χ0) is 23.4. The van der Waals surface area contributed by atoms with Crippen LogP contribution in [-0.4, -0.2) is 33.3 Å². The van der Waals surface area contributed by atoms with Crippen LogP contribution in [0, 0.1) is 6.92 Å². The second-order valence-corrected chi connectivity index (χ2v) is 7.63. The minimum absolute atomic E-state index is 0.144. The third kappa shape index (κ3) is 4.92. The van der Waals surface area contributed by atoms with Gasteiger partial charge in [-0.3, -0.25) is 14.5 Å². The number of carbonyl (C=O) groups is 2. The topological polar surface area (TPSA) is 112 Å². The van der Waals surface area contributed by atoms with E-state index in [9.17, 15) is 19.5 Å². The molecule has 0 aliphatic rings. The number of nitrogens with zero attached hydrogens (tertiary/aromatic N) is 2. The number of carbonyl (C=O) groups excluding carboxylic acids is 1. The molecular formula is C23H22ClN3O5. The van der Waals surface area contributed by atoms with E-state index < -0.39 is 17.6 Å². The van der Waals surface area contributed by atoms with E-state index in [4.69, 9.17) is 16.7 Å². The normalized spacial score (nSPS) is 10.6. The van der Waals surface area contributed by atoms with Crippen molar-refractivity contribution in [2.45, 2.75) is 13.3 Å². The fourth-order valence-corrected chi connectivity index (χ4v) is 3.36. The molecule has 0 aliphatic heterocycles. The van der Waals surface area contributed by atoms with Crippen LogP contribution >= 0.6 is 11.6 Å². The average Bonchev–Trinajstić information content (AvgIpc) is 2.75. The van der Waals surface area contributed by atoms with E-state index in [-0.39, 0.29) is 24.4 Å². The summed E-state index contributed by atoms with van der Waals surface area (Å²) in [5.41, 5.74) is 1.50. The van der Waals surface area contributed by atoms with Crippen molar-refractivity contribution in [1.82, 2.24) is 9.88 Å². The minimum atomic E-state index is -1.07. The van der Waals surface area contributed by atoms with Crippen molar-refractivity contribution >= 4 is 35.0 Å². The molecule has 32 heavy (non-hydrogen) atoms. The lowest BCUT2D eigenvalue weighted by Crippen LogP contribution is -2.41. The second kappa shape index (κ2) is 9.57. The van der Waals surface area contributed by atoms with Crippen LogP contribution in [0.3, 0.4) is 0 Å². The van der Waals surface area contributed by atoms with E-state index >= 15 is 0 Å². The van der Waals surface area contributed by atoms with E-state index in [1.165, 1.54) is 17.8 Å². The van der Waals surface area contributed by atoms with Crippen molar-refractivity contribution in [3.8, 4) is 16.9 Å². The van der Waals surface area contributed by atoms with Gasteiger partial charge < -0.3 is 20.1 Å². The summed E-state index contributed by atoms with van der Waals surface area (Å²) in [6.45, 7) is 1.47. The van der Waals surface area contributed by atoms with Gasteiger partial charge in [-0.05, 0) is 42.3 Å². The highest BCUT2D eigenvalue weighted by atomic mass is 35.5. The Kier molecular flexibility index (Phi) is 6.85. The lowest BCUT2D eigenvalue weighted by molar-refractivity contribution is -0.136. The van der Waals surface area contributed by atoms with Gasteiger partial charge in [-0.25, -0.2) is 4.79 Å². The number of nitrogens with one attached hydrogen (secondary N) is 1. The maximum absolute atomic E-state index is 13.1. The molecule has 3 rings (SSSR count). The van der Waals surface area contributed by atoms with Crippen molar-refractivity contribution in [3.05, 3.63) is 75.7 Å². The fraction of sp³-hybridized carbons (Fsp3) is 0.174. The SMILES string of the molecule is Cc1cn(C)c(=O)c(N(C(=O)NCCC(=O)O)c2cccc(-c3ccc(Cl)cc3)c2)c1O. The average molecular weight is 456 g/mol. The number of urea groups is 1. The van der Waals surface area contributed by atoms with Crippen LogP contribution in [0.1, 0.15) is 12.0 Å². The molecule has 2 amide bonds. The number of hydrogen-bond donors (Lipinski definition) is 3. The summed E-state index contributed by atoms with van der Waals surface area (Å²) >= 11 is 5.97. The van der Waals surface area contributed by atoms with Gasteiger partial charge in [0.25, 0.3) is 5.56 Å². The zero-order valence-electron chi connectivity index (χ0n) is 17.5. The minimum Gasteiger partial charge on any atom is -0.505 e. The number of anilines is 2. The first-order valence-corrected chi connectivity index (χ1v) is 10.1. The van der Waals surface area contributed by atoms with E-state index in [1.54, 1.807) is 37.3 Å². The van der Waals surface area contributed by atoms with Crippen molar-refractivity contribution in [3.63, 3.8) is 0 Å². The van der Waals surface area contributed by atoms with Crippen LogP contribution in [-0.2, 0) is 11.8 Å². The number of pyridine rings is 1. The maximum atomic E-state index is 13.1. The number of hydrogen-bond acceptors (Lipinski definition) is 4. The number of rotatable bonds is 6. The molecule has 0 fully saturated rings. The van der Waals surface area contributed by atoms with Crippen LogP contribution in [0.15, 0.2) is 59.5 Å². The van der Waals surface area contributed by atoms with Gasteiger partial charge in [0.15, 0.2) is 5.69 Å². The smallest absolute Gasteiger partial charge is 0.326 e. The first kappa shape index (κ1) is 22.9. The molecule has 3 aromatic rings. The zero-order valence-corrected chi connectivity index (χ0v) is 18.3. The first-order valence-electron chi connectivity index (χ1n) is 9.74. The molecule has 1 aromatic heterocycles. The van der Waals surface area contributed by atoms with E-state index in [0.717, 1.165) is 16.0 Å². The highest BCUT2D eigenvalue weighted by Gasteiger charge is 2.26. The number of aryl methyl sites for hydroxylation is 2. The molecule has 0 saturated heterocycles. The van der Waals surface area contributed by atoms with Gasteiger partial charge in [0.1, 0.15) is 5.75 Å².